The van der Waals surface area contributed by atoms with E-state index in [0.29, 0.717) is 16.4 Å². The monoisotopic (exact) mass is 301 g/mol. The molecule has 0 atom stereocenters. The summed E-state index contributed by atoms with van der Waals surface area (Å²) in [7, 11) is 3.17. The van der Waals surface area contributed by atoms with Crippen molar-refractivity contribution in [3.05, 3.63) is 53.7 Å². The molecule has 0 aliphatic carbocycles. The SMILES string of the molecule is COc1ncccc1C(=O)N(C)c1ccc(C(N)=S)cc1. The molecule has 21 heavy (non-hydrogen) atoms. The summed E-state index contributed by atoms with van der Waals surface area (Å²) >= 11 is 4.90. The fourth-order valence-electron chi connectivity index (χ4n) is 1.86. The maximum Gasteiger partial charge on any atom is 0.263 e. The molecule has 1 aromatic heterocycles. The number of rotatable bonds is 4. The normalized spacial score (nSPS) is 10.0. The van der Waals surface area contributed by atoms with Gasteiger partial charge in [-0.3, -0.25) is 4.79 Å². The predicted molar refractivity (Wildman–Crippen MR) is 85.9 cm³/mol. The minimum absolute atomic E-state index is 0.206. The molecule has 0 fully saturated rings. The van der Waals surface area contributed by atoms with Gasteiger partial charge in [0.1, 0.15) is 10.6 Å². The van der Waals surface area contributed by atoms with Gasteiger partial charge in [-0.1, -0.05) is 12.2 Å². The van der Waals surface area contributed by atoms with Crippen LogP contribution in [0.2, 0.25) is 0 Å². The molecule has 0 unspecified atom stereocenters. The zero-order valence-electron chi connectivity index (χ0n) is 11.7. The van der Waals surface area contributed by atoms with Crippen LogP contribution >= 0.6 is 12.2 Å². The third-order valence-electron chi connectivity index (χ3n) is 3.04. The second-order valence-electron chi connectivity index (χ2n) is 4.34. The Morgan fingerprint density at radius 1 is 1.29 bits per heavy atom. The molecular formula is C15H15N3O2S. The number of pyridine rings is 1. The number of benzene rings is 1. The van der Waals surface area contributed by atoms with Crippen molar-refractivity contribution in [2.75, 3.05) is 19.1 Å². The first kappa shape index (κ1) is 14.9. The molecule has 0 aliphatic heterocycles. The number of carbonyl (C=O) groups excluding carboxylic acids is 1. The van der Waals surface area contributed by atoms with Crippen LogP contribution in [0.3, 0.4) is 0 Å². The Hall–Kier alpha value is -2.47. The first-order chi connectivity index (χ1) is 10.0. The van der Waals surface area contributed by atoms with Gasteiger partial charge in [0.2, 0.25) is 5.88 Å². The van der Waals surface area contributed by atoms with E-state index in [4.69, 9.17) is 22.7 Å². The summed E-state index contributed by atoms with van der Waals surface area (Å²) in [5, 5.41) is 0. The largest absolute Gasteiger partial charge is 0.480 e. The molecule has 1 aromatic carbocycles. The number of aromatic nitrogens is 1. The molecule has 108 valence electrons. The van der Waals surface area contributed by atoms with Gasteiger partial charge in [0, 0.05) is 24.5 Å². The van der Waals surface area contributed by atoms with E-state index >= 15 is 0 Å². The van der Waals surface area contributed by atoms with Crippen LogP contribution in [0, 0.1) is 0 Å². The summed E-state index contributed by atoms with van der Waals surface area (Å²) in [6, 6.07) is 10.5. The molecule has 2 aromatic rings. The standard InChI is InChI=1S/C15H15N3O2S/c1-18(11-7-5-10(6-8-11)13(16)21)15(19)12-4-3-9-17-14(12)20-2/h3-9H,1-2H3,(H2,16,21). The second kappa shape index (κ2) is 6.32. The van der Waals surface area contributed by atoms with Gasteiger partial charge in [-0.05, 0) is 36.4 Å². The average Bonchev–Trinajstić information content (AvgIpc) is 2.53. The van der Waals surface area contributed by atoms with Gasteiger partial charge in [-0.25, -0.2) is 4.98 Å². The fraction of sp³-hybridized carbons (Fsp3) is 0.133. The third kappa shape index (κ3) is 3.17. The van der Waals surface area contributed by atoms with Gasteiger partial charge in [0.05, 0.1) is 7.11 Å². The van der Waals surface area contributed by atoms with Gasteiger partial charge in [0.25, 0.3) is 5.91 Å². The maximum atomic E-state index is 12.5. The number of nitrogens with zero attached hydrogens (tertiary/aromatic N) is 2. The highest BCUT2D eigenvalue weighted by molar-refractivity contribution is 7.80. The van der Waals surface area contributed by atoms with Crippen molar-refractivity contribution < 1.29 is 9.53 Å². The van der Waals surface area contributed by atoms with E-state index in [9.17, 15) is 4.79 Å². The van der Waals surface area contributed by atoms with Crippen molar-refractivity contribution >= 4 is 28.8 Å². The number of thiocarbonyl (C=S) groups is 1. The zero-order valence-corrected chi connectivity index (χ0v) is 12.6. The van der Waals surface area contributed by atoms with Crippen LogP contribution in [0.5, 0.6) is 5.88 Å². The second-order valence-corrected chi connectivity index (χ2v) is 4.78. The molecule has 6 heteroatoms. The Kier molecular flexibility index (Phi) is 4.49. The van der Waals surface area contributed by atoms with E-state index < -0.39 is 0 Å². The van der Waals surface area contributed by atoms with Gasteiger partial charge in [0.15, 0.2) is 0 Å². The molecule has 0 spiro atoms. The van der Waals surface area contributed by atoms with E-state index in [1.54, 1.807) is 49.6 Å². The lowest BCUT2D eigenvalue weighted by Crippen LogP contribution is -2.27. The molecule has 0 saturated heterocycles. The molecule has 1 amide bonds. The topological polar surface area (TPSA) is 68.5 Å². The minimum Gasteiger partial charge on any atom is -0.480 e. The zero-order chi connectivity index (χ0) is 15.4. The maximum absolute atomic E-state index is 12.5. The van der Waals surface area contributed by atoms with E-state index in [1.807, 2.05) is 0 Å². The van der Waals surface area contributed by atoms with Gasteiger partial charge >= 0.3 is 0 Å². The number of ether oxygens (including phenoxy) is 1. The Morgan fingerprint density at radius 2 is 1.95 bits per heavy atom. The van der Waals surface area contributed by atoms with E-state index in [2.05, 4.69) is 4.98 Å². The average molecular weight is 301 g/mol. The van der Waals surface area contributed by atoms with E-state index in [-0.39, 0.29) is 5.91 Å². The van der Waals surface area contributed by atoms with Crippen LogP contribution < -0.4 is 15.4 Å². The summed E-state index contributed by atoms with van der Waals surface area (Å²) < 4.78 is 5.11. The van der Waals surface area contributed by atoms with Gasteiger partial charge in [-0.15, -0.1) is 0 Å². The molecule has 1 heterocycles. The summed E-state index contributed by atoms with van der Waals surface area (Å²) in [6.45, 7) is 0. The highest BCUT2D eigenvalue weighted by Crippen LogP contribution is 2.20. The van der Waals surface area contributed by atoms with Crippen LogP contribution in [0.1, 0.15) is 15.9 Å². The number of methoxy groups -OCH3 is 1. The molecule has 2 rings (SSSR count). The first-order valence-corrected chi connectivity index (χ1v) is 6.62. The lowest BCUT2D eigenvalue weighted by molar-refractivity contribution is 0.0989. The van der Waals surface area contributed by atoms with Crippen LogP contribution in [-0.2, 0) is 0 Å². The summed E-state index contributed by atoms with van der Waals surface area (Å²) in [6.07, 6.45) is 1.58. The predicted octanol–water partition coefficient (Wildman–Crippen LogP) is 2.00. The van der Waals surface area contributed by atoms with Crippen molar-refractivity contribution in [2.24, 2.45) is 5.73 Å². The van der Waals surface area contributed by atoms with Crippen molar-refractivity contribution in [1.82, 2.24) is 4.98 Å². The number of hydrogen-bond acceptors (Lipinski definition) is 4. The molecule has 5 nitrogen and oxygen atoms in total. The fourth-order valence-corrected chi connectivity index (χ4v) is 2.00. The number of hydrogen-bond donors (Lipinski definition) is 1. The highest BCUT2D eigenvalue weighted by atomic mass is 32.1. The smallest absolute Gasteiger partial charge is 0.263 e. The van der Waals surface area contributed by atoms with E-state index in [0.717, 1.165) is 11.3 Å². The van der Waals surface area contributed by atoms with Crippen molar-refractivity contribution in [1.29, 1.82) is 0 Å². The van der Waals surface area contributed by atoms with Gasteiger partial charge < -0.3 is 15.4 Å². The molecule has 0 radical (unpaired) electrons. The Labute approximate surface area is 128 Å². The number of carbonyl (C=O) groups is 1. The minimum atomic E-state index is -0.206. The van der Waals surface area contributed by atoms with Crippen molar-refractivity contribution in [3.8, 4) is 5.88 Å². The summed E-state index contributed by atoms with van der Waals surface area (Å²) in [4.78, 5) is 18.4. The molecule has 2 N–H and O–H groups in total. The Balaban J connectivity index is 2.28. The molecular weight excluding hydrogens is 286 g/mol. The number of anilines is 1. The number of nitrogens with two attached hydrogens (primary N) is 1. The van der Waals surface area contributed by atoms with Crippen molar-refractivity contribution in [2.45, 2.75) is 0 Å². The molecule has 0 aliphatic rings. The quantitative estimate of drug-likeness (QED) is 0.875. The molecule has 0 saturated carbocycles. The summed E-state index contributed by atoms with van der Waals surface area (Å²) in [5.41, 5.74) is 7.44. The summed E-state index contributed by atoms with van der Waals surface area (Å²) in [5.74, 6) is 0.0946. The lowest BCUT2D eigenvalue weighted by atomic mass is 10.1. The highest BCUT2D eigenvalue weighted by Gasteiger charge is 2.18. The van der Waals surface area contributed by atoms with Crippen LogP contribution in [-0.4, -0.2) is 30.0 Å². The van der Waals surface area contributed by atoms with E-state index in [1.165, 1.54) is 12.0 Å². The van der Waals surface area contributed by atoms with Gasteiger partial charge in [-0.2, -0.15) is 0 Å². The van der Waals surface area contributed by atoms with Crippen LogP contribution in [0.4, 0.5) is 5.69 Å². The number of amides is 1. The third-order valence-corrected chi connectivity index (χ3v) is 3.27. The Bertz CT molecular complexity index is 671. The first-order valence-electron chi connectivity index (χ1n) is 6.21. The lowest BCUT2D eigenvalue weighted by Gasteiger charge is -2.18. The van der Waals surface area contributed by atoms with Crippen LogP contribution in [0.15, 0.2) is 42.6 Å². The Morgan fingerprint density at radius 3 is 2.52 bits per heavy atom. The van der Waals surface area contributed by atoms with Crippen molar-refractivity contribution in [3.63, 3.8) is 0 Å². The molecule has 0 bridgehead atoms. The van der Waals surface area contributed by atoms with Crippen LogP contribution in [0.25, 0.3) is 0 Å².